The highest BCUT2D eigenvalue weighted by molar-refractivity contribution is 5.85. The molecule has 0 saturated carbocycles. The van der Waals surface area contributed by atoms with Gasteiger partial charge in [0.25, 0.3) is 5.91 Å². The molecule has 0 radical (unpaired) electrons. The third-order valence-electron chi connectivity index (χ3n) is 4.52. The SMILES string of the molecule is Cc1cc(C)c2c(OCC(=O)NCc3cc(-c4ccccc4)no3)nn(C)c2n1. The number of ether oxygens (including phenoxy) is 1. The number of rotatable bonds is 6. The number of aryl methyl sites for hydroxylation is 3. The molecular formula is C21H21N5O3. The highest BCUT2D eigenvalue weighted by atomic mass is 16.5. The summed E-state index contributed by atoms with van der Waals surface area (Å²) in [5, 5.41) is 12.0. The van der Waals surface area contributed by atoms with Crippen LogP contribution in [0.25, 0.3) is 22.3 Å². The molecule has 0 spiro atoms. The van der Waals surface area contributed by atoms with Crippen LogP contribution in [0.15, 0.2) is 47.0 Å². The average Bonchev–Trinajstić information content (AvgIpc) is 3.30. The van der Waals surface area contributed by atoms with Gasteiger partial charge in [-0.2, -0.15) is 0 Å². The zero-order valence-electron chi connectivity index (χ0n) is 16.5. The molecule has 0 aliphatic rings. The summed E-state index contributed by atoms with van der Waals surface area (Å²) in [6.45, 7) is 3.98. The number of nitrogens with zero attached hydrogens (tertiary/aromatic N) is 4. The van der Waals surface area contributed by atoms with Gasteiger partial charge in [-0.05, 0) is 25.5 Å². The summed E-state index contributed by atoms with van der Waals surface area (Å²) in [6.07, 6.45) is 0. The summed E-state index contributed by atoms with van der Waals surface area (Å²) in [6, 6.07) is 13.5. The summed E-state index contributed by atoms with van der Waals surface area (Å²) in [4.78, 5) is 16.7. The fraction of sp³-hybridized carbons (Fsp3) is 0.238. The maximum Gasteiger partial charge on any atom is 0.258 e. The normalized spacial score (nSPS) is 11.0. The van der Waals surface area contributed by atoms with Crippen LogP contribution in [0.1, 0.15) is 17.0 Å². The molecular weight excluding hydrogens is 370 g/mol. The number of hydrogen-bond donors (Lipinski definition) is 1. The van der Waals surface area contributed by atoms with Crippen LogP contribution in [0.3, 0.4) is 0 Å². The second-order valence-electron chi connectivity index (χ2n) is 6.82. The molecule has 148 valence electrons. The number of aromatic nitrogens is 4. The predicted octanol–water partition coefficient (Wildman–Crippen LogP) is 2.94. The summed E-state index contributed by atoms with van der Waals surface area (Å²) in [5.74, 6) is 0.684. The van der Waals surface area contributed by atoms with Crippen molar-refractivity contribution in [1.29, 1.82) is 0 Å². The first-order valence-electron chi connectivity index (χ1n) is 9.22. The van der Waals surface area contributed by atoms with Gasteiger partial charge in [0.15, 0.2) is 18.0 Å². The first-order chi connectivity index (χ1) is 14.0. The maximum absolute atomic E-state index is 12.2. The van der Waals surface area contributed by atoms with Crippen LogP contribution < -0.4 is 10.1 Å². The van der Waals surface area contributed by atoms with Gasteiger partial charge >= 0.3 is 0 Å². The molecule has 8 heteroatoms. The first-order valence-corrected chi connectivity index (χ1v) is 9.22. The zero-order chi connectivity index (χ0) is 20.4. The van der Waals surface area contributed by atoms with Crippen LogP contribution >= 0.6 is 0 Å². The van der Waals surface area contributed by atoms with E-state index in [0.717, 1.165) is 33.5 Å². The zero-order valence-corrected chi connectivity index (χ0v) is 16.5. The number of amides is 1. The molecule has 0 fully saturated rings. The molecule has 0 unspecified atom stereocenters. The average molecular weight is 391 g/mol. The molecule has 0 aliphatic heterocycles. The van der Waals surface area contributed by atoms with Crippen molar-refractivity contribution in [2.24, 2.45) is 7.05 Å². The molecule has 1 amide bonds. The molecule has 0 saturated heterocycles. The Bertz CT molecular complexity index is 1160. The molecule has 0 atom stereocenters. The molecule has 4 aromatic rings. The Hall–Kier alpha value is -3.68. The highest BCUT2D eigenvalue weighted by Crippen LogP contribution is 2.27. The number of carbonyl (C=O) groups excluding carboxylic acids is 1. The van der Waals surface area contributed by atoms with Crippen LogP contribution in [0.5, 0.6) is 5.88 Å². The van der Waals surface area contributed by atoms with Crippen molar-refractivity contribution in [2.75, 3.05) is 6.61 Å². The third kappa shape index (κ3) is 3.96. The molecule has 1 aromatic carbocycles. The van der Waals surface area contributed by atoms with Crippen LogP contribution in [-0.2, 0) is 18.4 Å². The largest absolute Gasteiger partial charge is 0.466 e. The van der Waals surface area contributed by atoms with E-state index >= 15 is 0 Å². The smallest absolute Gasteiger partial charge is 0.258 e. The lowest BCUT2D eigenvalue weighted by Crippen LogP contribution is -2.28. The lowest BCUT2D eigenvalue weighted by Gasteiger charge is -2.05. The molecule has 4 rings (SSSR count). The summed E-state index contributed by atoms with van der Waals surface area (Å²) < 4.78 is 12.6. The van der Waals surface area contributed by atoms with Crippen molar-refractivity contribution < 1.29 is 14.1 Å². The van der Waals surface area contributed by atoms with Gasteiger partial charge in [0.05, 0.1) is 11.9 Å². The lowest BCUT2D eigenvalue weighted by atomic mass is 10.1. The maximum atomic E-state index is 12.2. The van der Waals surface area contributed by atoms with E-state index in [1.165, 1.54) is 0 Å². The number of carbonyl (C=O) groups is 1. The van der Waals surface area contributed by atoms with Gasteiger partial charge in [0, 0.05) is 24.4 Å². The van der Waals surface area contributed by atoms with Gasteiger partial charge < -0.3 is 14.6 Å². The van der Waals surface area contributed by atoms with E-state index in [-0.39, 0.29) is 19.1 Å². The quantitative estimate of drug-likeness (QED) is 0.543. The Morgan fingerprint density at radius 2 is 2.00 bits per heavy atom. The Morgan fingerprint density at radius 3 is 2.79 bits per heavy atom. The summed E-state index contributed by atoms with van der Waals surface area (Å²) in [5.41, 5.74) is 4.33. The van der Waals surface area contributed by atoms with E-state index in [0.29, 0.717) is 11.6 Å². The standard InChI is InChI=1S/C21H21N5O3/c1-13-9-14(2)23-20-19(13)21(24-26(20)3)28-12-18(27)22-11-16-10-17(25-29-16)15-7-5-4-6-8-15/h4-10H,11-12H2,1-3H3,(H,22,27). The molecule has 29 heavy (non-hydrogen) atoms. The minimum Gasteiger partial charge on any atom is -0.466 e. The second-order valence-corrected chi connectivity index (χ2v) is 6.82. The van der Waals surface area contributed by atoms with E-state index < -0.39 is 0 Å². The molecule has 3 aromatic heterocycles. The molecule has 0 aliphatic carbocycles. The fourth-order valence-corrected chi connectivity index (χ4v) is 3.16. The predicted molar refractivity (Wildman–Crippen MR) is 107 cm³/mol. The molecule has 1 N–H and O–H groups in total. The lowest BCUT2D eigenvalue weighted by molar-refractivity contribution is -0.123. The van der Waals surface area contributed by atoms with Gasteiger partial charge in [-0.25, -0.2) is 9.67 Å². The minimum absolute atomic E-state index is 0.154. The summed E-state index contributed by atoms with van der Waals surface area (Å²) in [7, 11) is 1.80. The topological polar surface area (TPSA) is 95.1 Å². The van der Waals surface area contributed by atoms with Crippen molar-refractivity contribution in [2.45, 2.75) is 20.4 Å². The summed E-state index contributed by atoms with van der Waals surface area (Å²) >= 11 is 0. The Labute approximate surface area is 167 Å². The van der Waals surface area contributed by atoms with Gasteiger partial charge in [-0.1, -0.05) is 35.5 Å². The first kappa shape index (κ1) is 18.7. The molecule has 8 nitrogen and oxygen atoms in total. The second kappa shape index (κ2) is 7.75. The van der Waals surface area contributed by atoms with Crippen molar-refractivity contribution in [3.63, 3.8) is 0 Å². The van der Waals surface area contributed by atoms with Crippen molar-refractivity contribution in [1.82, 2.24) is 25.2 Å². The monoisotopic (exact) mass is 391 g/mol. The van der Waals surface area contributed by atoms with Crippen LogP contribution in [0, 0.1) is 13.8 Å². The molecule has 3 heterocycles. The van der Waals surface area contributed by atoms with Gasteiger partial charge in [0.2, 0.25) is 5.88 Å². The Kier molecular flexibility index (Phi) is 4.99. The Balaban J connectivity index is 1.37. The number of pyridine rings is 1. The molecule has 0 bridgehead atoms. The van der Waals surface area contributed by atoms with Gasteiger partial charge in [-0.15, -0.1) is 5.10 Å². The third-order valence-corrected chi connectivity index (χ3v) is 4.52. The fourth-order valence-electron chi connectivity index (χ4n) is 3.16. The van der Waals surface area contributed by atoms with Crippen LogP contribution in [0.4, 0.5) is 0 Å². The van der Waals surface area contributed by atoms with Crippen molar-refractivity contribution in [3.8, 4) is 17.1 Å². The Morgan fingerprint density at radius 1 is 1.21 bits per heavy atom. The van der Waals surface area contributed by atoms with Crippen LogP contribution in [-0.4, -0.2) is 32.4 Å². The number of benzene rings is 1. The van der Waals surface area contributed by atoms with Crippen molar-refractivity contribution in [3.05, 3.63) is 59.5 Å². The van der Waals surface area contributed by atoms with Gasteiger partial charge in [0.1, 0.15) is 5.69 Å². The van der Waals surface area contributed by atoms with Gasteiger partial charge in [-0.3, -0.25) is 4.79 Å². The van der Waals surface area contributed by atoms with E-state index in [1.54, 1.807) is 17.8 Å². The highest BCUT2D eigenvalue weighted by Gasteiger charge is 2.16. The van der Waals surface area contributed by atoms with E-state index in [4.69, 9.17) is 9.26 Å². The van der Waals surface area contributed by atoms with Crippen molar-refractivity contribution >= 4 is 16.9 Å². The van der Waals surface area contributed by atoms with E-state index in [2.05, 4.69) is 20.6 Å². The minimum atomic E-state index is -0.279. The number of fused-ring (bicyclic) bond motifs is 1. The van der Waals surface area contributed by atoms with E-state index in [1.807, 2.05) is 50.2 Å². The van der Waals surface area contributed by atoms with E-state index in [9.17, 15) is 4.79 Å². The van der Waals surface area contributed by atoms with Crippen LogP contribution in [0.2, 0.25) is 0 Å². The number of hydrogen-bond acceptors (Lipinski definition) is 6. The number of nitrogens with one attached hydrogen (secondary N) is 1.